The van der Waals surface area contributed by atoms with E-state index in [-0.39, 0.29) is 18.1 Å². The van der Waals surface area contributed by atoms with Crippen molar-refractivity contribution in [2.24, 2.45) is 5.16 Å². The number of hydrogen-bond donors (Lipinski definition) is 0. The van der Waals surface area contributed by atoms with Gasteiger partial charge in [0.05, 0.1) is 25.5 Å². The number of alkyl halides is 2. The minimum Gasteiger partial charge on any atom is -0.495 e. The fraction of sp³-hybridized carbons (Fsp3) is 0.235. The van der Waals surface area contributed by atoms with Gasteiger partial charge in [-0.3, -0.25) is 0 Å². The quantitative estimate of drug-likeness (QED) is 0.506. The lowest BCUT2D eigenvalue weighted by molar-refractivity contribution is -0.0512. The van der Waals surface area contributed by atoms with Crippen LogP contribution in [0.15, 0.2) is 41.6 Å². The van der Waals surface area contributed by atoms with Gasteiger partial charge in [-0.05, 0) is 35.9 Å². The molecule has 2 aromatic rings. The maximum Gasteiger partial charge on any atom is 0.387 e. The summed E-state index contributed by atoms with van der Waals surface area (Å²) in [5, 5.41) is 4.31. The highest BCUT2D eigenvalue weighted by atomic mass is 35.5. The van der Waals surface area contributed by atoms with E-state index in [1.54, 1.807) is 24.3 Å². The number of benzene rings is 2. The summed E-state index contributed by atoms with van der Waals surface area (Å²) in [4.78, 5) is 5.20. The molecule has 0 aliphatic rings. The highest BCUT2D eigenvalue weighted by Gasteiger charge is 2.10. The SMILES string of the molecule is COc1ccc(CO/N=C/c2ccc(OC(F)F)c(OC)c2)cc1Cl. The molecular weight excluding hydrogens is 356 g/mol. The van der Waals surface area contributed by atoms with Crippen LogP contribution in [0.4, 0.5) is 8.78 Å². The van der Waals surface area contributed by atoms with Gasteiger partial charge in [0.25, 0.3) is 0 Å². The van der Waals surface area contributed by atoms with Gasteiger partial charge in [-0.1, -0.05) is 22.8 Å². The fourth-order valence-electron chi connectivity index (χ4n) is 1.97. The third-order valence-electron chi connectivity index (χ3n) is 3.13. The Bertz CT molecular complexity index is 741. The van der Waals surface area contributed by atoms with Crippen molar-refractivity contribution < 1.29 is 27.8 Å². The third kappa shape index (κ3) is 5.49. The molecule has 0 spiro atoms. The van der Waals surface area contributed by atoms with Crippen LogP contribution >= 0.6 is 11.6 Å². The summed E-state index contributed by atoms with van der Waals surface area (Å²) >= 11 is 6.02. The lowest BCUT2D eigenvalue weighted by Crippen LogP contribution is -2.03. The van der Waals surface area contributed by atoms with Gasteiger partial charge in [-0.15, -0.1) is 0 Å². The molecule has 0 atom stereocenters. The lowest BCUT2D eigenvalue weighted by Gasteiger charge is -2.09. The van der Waals surface area contributed by atoms with Gasteiger partial charge in [0.15, 0.2) is 11.5 Å². The van der Waals surface area contributed by atoms with Gasteiger partial charge < -0.3 is 19.0 Å². The minimum absolute atomic E-state index is 0.0524. The molecular formula is C17H16ClF2NO4. The van der Waals surface area contributed by atoms with E-state index in [2.05, 4.69) is 9.89 Å². The molecule has 8 heteroatoms. The zero-order chi connectivity index (χ0) is 18.2. The Balaban J connectivity index is 1.96. The highest BCUT2D eigenvalue weighted by molar-refractivity contribution is 6.32. The molecule has 0 saturated carbocycles. The van der Waals surface area contributed by atoms with Crippen molar-refractivity contribution in [2.75, 3.05) is 14.2 Å². The first kappa shape index (κ1) is 18.8. The van der Waals surface area contributed by atoms with Crippen LogP contribution < -0.4 is 14.2 Å². The summed E-state index contributed by atoms with van der Waals surface area (Å²) in [5.74, 6) is 0.696. The van der Waals surface area contributed by atoms with E-state index in [0.717, 1.165) is 5.56 Å². The van der Waals surface area contributed by atoms with Gasteiger partial charge in [-0.25, -0.2) is 0 Å². The Hall–Kier alpha value is -2.54. The Morgan fingerprint density at radius 2 is 1.76 bits per heavy atom. The first-order valence-corrected chi connectivity index (χ1v) is 7.52. The van der Waals surface area contributed by atoms with Crippen molar-refractivity contribution >= 4 is 17.8 Å². The molecule has 0 aliphatic carbocycles. The van der Waals surface area contributed by atoms with Crippen molar-refractivity contribution in [3.05, 3.63) is 52.5 Å². The first-order chi connectivity index (χ1) is 12.0. The molecule has 0 radical (unpaired) electrons. The van der Waals surface area contributed by atoms with Crippen LogP contribution in [0.25, 0.3) is 0 Å². The van der Waals surface area contributed by atoms with E-state index < -0.39 is 6.61 Å². The zero-order valence-electron chi connectivity index (χ0n) is 13.5. The van der Waals surface area contributed by atoms with Gasteiger partial charge in [-0.2, -0.15) is 8.78 Å². The van der Waals surface area contributed by atoms with Crippen LogP contribution in [0.1, 0.15) is 11.1 Å². The highest BCUT2D eigenvalue weighted by Crippen LogP contribution is 2.29. The maximum atomic E-state index is 12.3. The molecule has 134 valence electrons. The van der Waals surface area contributed by atoms with Crippen LogP contribution in [-0.2, 0) is 11.4 Å². The smallest absolute Gasteiger partial charge is 0.387 e. The second-order valence-corrected chi connectivity index (χ2v) is 5.17. The molecule has 0 heterocycles. The number of rotatable bonds is 8. The van der Waals surface area contributed by atoms with Crippen molar-refractivity contribution in [3.63, 3.8) is 0 Å². The largest absolute Gasteiger partial charge is 0.495 e. The first-order valence-electron chi connectivity index (χ1n) is 7.14. The monoisotopic (exact) mass is 371 g/mol. The van der Waals surface area contributed by atoms with Crippen LogP contribution in [0, 0.1) is 0 Å². The summed E-state index contributed by atoms with van der Waals surface area (Å²) in [6.45, 7) is -2.71. The predicted molar refractivity (Wildman–Crippen MR) is 90.0 cm³/mol. The molecule has 25 heavy (non-hydrogen) atoms. The topological polar surface area (TPSA) is 49.3 Å². The predicted octanol–water partition coefficient (Wildman–Crippen LogP) is 4.51. The van der Waals surface area contributed by atoms with Crippen molar-refractivity contribution in [1.82, 2.24) is 0 Å². The minimum atomic E-state index is -2.92. The molecule has 0 fully saturated rings. The van der Waals surface area contributed by atoms with Crippen molar-refractivity contribution in [3.8, 4) is 17.2 Å². The summed E-state index contributed by atoms with van der Waals surface area (Å²) in [6.07, 6.45) is 1.43. The molecule has 0 amide bonds. The average molecular weight is 372 g/mol. The second-order valence-electron chi connectivity index (χ2n) is 4.77. The van der Waals surface area contributed by atoms with E-state index >= 15 is 0 Å². The number of methoxy groups -OCH3 is 2. The van der Waals surface area contributed by atoms with Crippen LogP contribution in [0.2, 0.25) is 5.02 Å². The number of hydrogen-bond acceptors (Lipinski definition) is 5. The Labute approximate surface area is 148 Å². The lowest BCUT2D eigenvalue weighted by atomic mass is 10.2. The molecule has 0 aliphatic heterocycles. The molecule has 5 nitrogen and oxygen atoms in total. The van der Waals surface area contributed by atoms with E-state index in [1.807, 2.05) is 0 Å². The number of nitrogens with zero attached hydrogens (tertiary/aromatic N) is 1. The van der Waals surface area contributed by atoms with Gasteiger partial charge in [0.1, 0.15) is 12.4 Å². The summed E-state index contributed by atoms with van der Waals surface area (Å²) in [5.41, 5.74) is 1.42. The number of oxime groups is 1. The Kier molecular flexibility index (Phi) is 6.82. The molecule has 0 saturated heterocycles. The zero-order valence-corrected chi connectivity index (χ0v) is 14.3. The van der Waals surface area contributed by atoms with Crippen LogP contribution in [0.3, 0.4) is 0 Å². The fourth-order valence-corrected chi connectivity index (χ4v) is 2.25. The Morgan fingerprint density at radius 3 is 2.40 bits per heavy atom. The standard InChI is InChI=1S/C17H16ClF2NO4/c1-22-14-5-4-12(7-13(14)18)10-24-21-9-11-3-6-15(25-17(19)20)16(8-11)23-2/h3-9,17H,10H2,1-2H3/b21-9+. The van der Waals surface area contributed by atoms with E-state index in [0.29, 0.717) is 16.3 Å². The summed E-state index contributed by atoms with van der Waals surface area (Å²) < 4.78 is 39.0. The van der Waals surface area contributed by atoms with E-state index in [1.165, 1.54) is 32.6 Å². The molecule has 2 rings (SSSR count). The average Bonchev–Trinajstić information content (AvgIpc) is 2.59. The molecule has 0 N–H and O–H groups in total. The molecule has 2 aromatic carbocycles. The second kappa shape index (κ2) is 9.08. The van der Waals surface area contributed by atoms with Gasteiger partial charge in [0.2, 0.25) is 0 Å². The maximum absolute atomic E-state index is 12.3. The van der Waals surface area contributed by atoms with Crippen LogP contribution in [0.5, 0.6) is 17.2 Å². The van der Waals surface area contributed by atoms with Gasteiger partial charge in [0, 0.05) is 5.56 Å². The number of halogens is 3. The third-order valence-corrected chi connectivity index (χ3v) is 3.42. The van der Waals surface area contributed by atoms with E-state index in [4.69, 9.17) is 25.9 Å². The Morgan fingerprint density at radius 1 is 1.04 bits per heavy atom. The van der Waals surface area contributed by atoms with Crippen LogP contribution in [-0.4, -0.2) is 27.0 Å². The summed E-state index contributed by atoms with van der Waals surface area (Å²) in [7, 11) is 2.89. The van der Waals surface area contributed by atoms with E-state index in [9.17, 15) is 8.78 Å². The van der Waals surface area contributed by atoms with Crippen molar-refractivity contribution in [1.29, 1.82) is 0 Å². The normalized spacial score (nSPS) is 11.0. The van der Waals surface area contributed by atoms with Gasteiger partial charge >= 0.3 is 6.61 Å². The molecule has 0 aromatic heterocycles. The summed E-state index contributed by atoms with van der Waals surface area (Å²) in [6, 6.07) is 9.69. The molecule has 0 unspecified atom stereocenters. The van der Waals surface area contributed by atoms with Crippen molar-refractivity contribution in [2.45, 2.75) is 13.2 Å². The number of ether oxygens (including phenoxy) is 3. The molecule has 0 bridgehead atoms.